The van der Waals surface area contributed by atoms with E-state index in [1.165, 1.54) is 0 Å². The first kappa shape index (κ1) is 21.1. The molecule has 1 fully saturated rings. The summed E-state index contributed by atoms with van der Waals surface area (Å²) >= 11 is 0. The Kier molecular flexibility index (Phi) is 4.32. The maximum absolute atomic E-state index is 12.7. The van der Waals surface area contributed by atoms with Crippen LogP contribution in [0, 0.1) is 0 Å². The topological polar surface area (TPSA) is 165 Å². The van der Waals surface area contributed by atoms with E-state index < -0.39 is 24.0 Å². The second-order valence-corrected chi connectivity index (χ2v) is 9.24. The van der Waals surface area contributed by atoms with Crippen molar-refractivity contribution in [3.05, 3.63) is 58.9 Å². The number of imidazole rings is 1. The minimum Gasteiger partial charge on any atom is -0.398 e. The summed E-state index contributed by atoms with van der Waals surface area (Å²) in [6.45, 7) is -0.349. The van der Waals surface area contributed by atoms with Gasteiger partial charge in [0.2, 0.25) is 5.95 Å². The first-order chi connectivity index (χ1) is 17.4. The number of anilines is 2. The molecule has 6 aromatic rings. The number of H-pyrrole nitrogens is 1. The van der Waals surface area contributed by atoms with Crippen molar-refractivity contribution in [3.8, 4) is 11.4 Å². The summed E-state index contributed by atoms with van der Waals surface area (Å²) in [4.78, 5) is 24.2. The predicted molar refractivity (Wildman–Crippen MR) is 138 cm³/mol. The molecule has 0 aliphatic carbocycles. The number of nitrogens with two attached hydrogens (primary N) is 2. The van der Waals surface area contributed by atoms with Crippen LogP contribution in [-0.2, 0) is 4.74 Å². The van der Waals surface area contributed by atoms with Crippen LogP contribution in [0.2, 0.25) is 0 Å². The van der Waals surface area contributed by atoms with Crippen molar-refractivity contribution in [2.75, 3.05) is 18.1 Å². The second kappa shape index (κ2) is 7.37. The molecule has 4 aromatic carbocycles. The minimum atomic E-state index is -0.896. The highest BCUT2D eigenvalue weighted by Gasteiger charge is 2.37. The molecule has 1 aliphatic heterocycles. The van der Waals surface area contributed by atoms with Crippen LogP contribution in [0.4, 0.5) is 11.6 Å². The van der Waals surface area contributed by atoms with Crippen LogP contribution in [0.3, 0.4) is 0 Å². The lowest BCUT2D eigenvalue weighted by Gasteiger charge is -2.19. The van der Waals surface area contributed by atoms with Gasteiger partial charge in [-0.05, 0) is 33.0 Å². The highest BCUT2D eigenvalue weighted by atomic mass is 16.5. The maximum atomic E-state index is 12.7. The first-order valence-electron chi connectivity index (χ1n) is 11.6. The molecule has 0 bridgehead atoms. The SMILES string of the molecule is Nc1nc2c(nc(-c3cc4ccc5cccc6ccc(c3N)c4c56)n2[C@H]2C[C@H](O)[C@@H](CO)O2)c(=O)[nH]1. The van der Waals surface area contributed by atoms with Crippen molar-refractivity contribution in [1.29, 1.82) is 0 Å². The average Bonchev–Trinajstić information content (AvgIpc) is 3.43. The largest absolute Gasteiger partial charge is 0.398 e. The molecule has 1 aliphatic rings. The molecule has 3 atom stereocenters. The molecule has 36 heavy (non-hydrogen) atoms. The Bertz CT molecular complexity index is 1860. The number of hydrogen-bond donors (Lipinski definition) is 5. The maximum Gasteiger partial charge on any atom is 0.280 e. The number of nitrogens with zero attached hydrogens (tertiary/aromatic N) is 3. The van der Waals surface area contributed by atoms with Crippen molar-refractivity contribution >= 4 is 55.1 Å². The fraction of sp³-hybridized carbons (Fsp3) is 0.192. The summed E-state index contributed by atoms with van der Waals surface area (Å²) in [5.74, 6) is 0.299. The van der Waals surface area contributed by atoms with Crippen molar-refractivity contribution < 1.29 is 14.9 Å². The summed E-state index contributed by atoms with van der Waals surface area (Å²) < 4.78 is 7.59. The van der Waals surface area contributed by atoms with Gasteiger partial charge in [-0.2, -0.15) is 4.98 Å². The number of aromatic amines is 1. The Hall–Kier alpha value is -4.25. The van der Waals surface area contributed by atoms with E-state index in [4.69, 9.17) is 16.2 Å². The number of benzene rings is 4. The van der Waals surface area contributed by atoms with Gasteiger partial charge in [-0.3, -0.25) is 14.3 Å². The van der Waals surface area contributed by atoms with Gasteiger partial charge in [0.1, 0.15) is 18.2 Å². The van der Waals surface area contributed by atoms with Crippen LogP contribution in [0.1, 0.15) is 12.6 Å². The van der Waals surface area contributed by atoms with Gasteiger partial charge >= 0.3 is 0 Å². The van der Waals surface area contributed by atoms with Gasteiger partial charge in [0.15, 0.2) is 11.2 Å². The summed E-state index contributed by atoms with van der Waals surface area (Å²) in [6, 6.07) is 16.3. The lowest BCUT2D eigenvalue weighted by Crippen LogP contribution is -2.24. The van der Waals surface area contributed by atoms with E-state index in [2.05, 4.69) is 33.2 Å². The van der Waals surface area contributed by atoms with Crippen LogP contribution in [0.5, 0.6) is 0 Å². The molecule has 2 aromatic heterocycles. The molecule has 10 nitrogen and oxygen atoms in total. The Morgan fingerprint density at radius 3 is 2.56 bits per heavy atom. The van der Waals surface area contributed by atoms with Gasteiger partial charge in [0.25, 0.3) is 5.56 Å². The number of aliphatic hydroxyl groups excluding tert-OH is 2. The second-order valence-electron chi connectivity index (χ2n) is 9.24. The average molecular weight is 483 g/mol. The van der Waals surface area contributed by atoms with Gasteiger partial charge in [-0.15, -0.1) is 0 Å². The zero-order chi connectivity index (χ0) is 24.7. The Morgan fingerprint density at radius 2 is 1.81 bits per heavy atom. The molecule has 10 heteroatoms. The number of fused-ring (bicyclic) bond motifs is 1. The smallest absolute Gasteiger partial charge is 0.280 e. The predicted octanol–water partition coefficient (Wildman–Crippen LogP) is 2.49. The lowest BCUT2D eigenvalue weighted by molar-refractivity contribution is -0.0426. The minimum absolute atomic E-state index is 0.0686. The fourth-order valence-corrected chi connectivity index (χ4v) is 5.52. The third-order valence-electron chi connectivity index (χ3n) is 7.17. The lowest BCUT2D eigenvalue weighted by atomic mass is 9.91. The fourth-order valence-electron chi connectivity index (χ4n) is 5.52. The standard InChI is InChI=1S/C26H22N6O4/c27-21-14-7-6-12-3-1-2-11-4-5-13(20(14)19(11)12)8-15(21)23-29-22-24(30-26(28)31-25(22)35)32(23)18-9-16(34)17(10-33)36-18/h1-8,16-18,33-34H,9-10,27H2,(H3,28,30,31,35)/t16-,17+,18+/m0/s1. The molecule has 0 unspecified atom stereocenters. The number of rotatable bonds is 3. The van der Waals surface area contributed by atoms with E-state index >= 15 is 0 Å². The molecular weight excluding hydrogens is 460 g/mol. The van der Waals surface area contributed by atoms with Gasteiger partial charge in [-0.25, -0.2) is 4.98 Å². The Labute approximate surface area is 203 Å². The molecule has 0 amide bonds. The molecule has 0 spiro atoms. The zero-order valence-electron chi connectivity index (χ0n) is 19.0. The number of nitrogen functional groups attached to an aromatic ring is 2. The molecule has 7 rings (SSSR count). The number of aromatic nitrogens is 4. The summed E-state index contributed by atoms with van der Waals surface area (Å²) in [7, 11) is 0. The van der Waals surface area contributed by atoms with Crippen LogP contribution in [-0.4, -0.2) is 48.5 Å². The van der Waals surface area contributed by atoms with E-state index in [0.29, 0.717) is 17.1 Å². The zero-order valence-corrected chi connectivity index (χ0v) is 19.0. The van der Waals surface area contributed by atoms with Crippen molar-refractivity contribution in [1.82, 2.24) is 19.5 Å². The van der Waals surface area contributed by atoms with Crippen LogP contribution in [0.25, 0.3) is 54.9 Å². The highest BCUT2D eigenvalue weighted by Crippen LogP contribution is 2.43. The van der Waals surface area contributed by atoms with Crippen LogP contribution >= 0.6 is 0 Å². The van der Waals surface area contributed by atoms with E-state index in [1.54, 1.807) is 4.57 Å². The van der Waals surface area contributed by atoms with E-state index in [-0.39, 0.29) is 30.1 Å². The van der Waals surface area contributed by atoms with E-state index in [0.717, 1.165) is 32.3 Å². The van der Waals surface area contributed by atoms with Gasteiger partial charge in [-0.1, -0.05) is 42.5 Å². The number of ether oxygens (including phenoxy) is 1. The summed E-state index contributed by atoms with van der Waals surface area (Å²) in [6.07, 6.45) is -2.24. The molecule has 180 valence electrons. The van der Waals surface area contributed by atoms with Gasteiger partial charge in [0, 0.05) is 17.4 Å². The Morgan fingerprint density at radius 1 is 1.06 bits per heavy atom. The van der Waals surface area contributed by atoms with Crippen LogP contribution in [0.15, 0.2) is 53.3 Å². The third kappa shape index (κ3) is 2.80. The molecule has 7 N–H and O–H groups in total. The summed E-state index contributed by atoms with van der Waals surface area (Å²) in [5, 5.41) is 26.3. The van der Waals surface area contributed by atoms with Crippen LogP contribution < -0.4 is 17.0 Å². The van der Waals surface area contributed by atoms with Gasteiger partial charge in [0.05, 0.1) is 18.4 Å². The van der Waals surface area contributed by atoms with E-state index in [1.807, 2.05) is 30.3 Å². The Balaban J connectivity index is 1.56. The number of nitrogens with one attached hydrogen (secondary N) is 1. The number of aliphatic hydroxyl groups is 2. The molecule has 1 saturated heterocycles. The molecule has 0 saturated carbocycles. The number of hydrogen-bond acceptors (Lipinski definition) is 8. The normalized spacial score (nSPS) is 20.4. The first-order valence-corrected chi connectivity index (χ1v) is 11.6. The molecular formula is C26H22N6O4. The van der Waals surface area contributed by atoms with Crippen molar-refractivity contribution in [3.63, 3.8) is 0 Å². The third-order valence-corrected chi connectivity index (χ3v) is 7.17. The molecule has 0 radical (unpaired) electrons. The summed E-state index contributed by atoms with van der Waals surface area (Å²) in [5.41, 5.74) is 13.5. The van der Waals surface area contributed by atoms with E-state index in [9.17, 15) is 15.0 Å². The van der Waals surface area contributed by atoms with Gasteiger partial charge < -0.3 is 26.4 Å². The van der Waals surface area contributed by atoms with Crippen molar-refractivity contribution in [2.45, 2.75) is 24.9 Å². The van der Waals surface area contributed by atoms with Crippen molar-refractivity contribution in [2.24, 2.45) is 0 Å². The quantitative estimate of drug-likeness (QED) is 0.190. The molecule has 3 heterocycles. The highest BCUT2D eigenvalue weighted by molar-refractivity contribution is 6.26. The monoisotopic (exact) mass is 482 g/mol.